The van der Waals surface area contributed by atoms with Crippen molar-refractivity contribution in [1.82, 2.24) is 0 Å². The van der Waals surface area contributed by atoms with Gasteiger partial charge in [0.15, 0.2) is 0 Å². The molecule has 3 aromatic rings. The minimum absolute atomic E-state index is 0.0434. The van der Waals surface area contributed by atoms with Gasteiger partial charge in [0.1, 0.15) is 0 Å². The third kappa shape index (κ3) is 5.17. The van der Waals surface area contributed by atoms with E-state index in [1.54, 1.807) is 43.3 Å². The lowest BCUT2D eigenvalue weighted by Crippen LogP contribution is -2.16. The summed E-state index contributed by atoms with van der Waals surface area (Å²) in [5.41, 5.74) is 2.14. The second-order valence-electron chi connectivity index (χ2n) is 6.51. The Morgan fingerprint density at radius 1 is 0.724 bits per heavy atom. The first-order valence-corrected chi connectivity index (χ1v) is 12.3. The molecule has 0 spiro atoms. The monoisotopic (exact) mass is 494 g/mol. The second kappa shape index (κ2) is 8.17. The van der Waals surface area contributed by atoms with E-state index in [1.165, 1.54) is 24.3 Å². The molecule has 0 atom stereocenters. The van der Waals surface area contributed by atoms with Crippen LogP contribution in [0, 0.1) is 13.8 Å². The van der Waals surface area contributed by atoms with Gasteiger partial charge < -0.3 is 0 Å². The normalized spacial score (nSPS) is 11.8. The highest BCUT2D eigenvalue weighted by molar-refractivity contribution is 9.10. The molecule has 0 saturated carbocycles. The highest BCUT2D eigenvalue weighted by Crippen LogP contribution is 2.25. The van der Waals surface area contributed by atoms with Crippen molar-refractivity contribution < 1.29 is 16.8 Å². The molecule has 0 aliphatic rings. The highest BCUT2D eigenvalue weighted by atomic mass is 79.9. The van der Waals surface area contributed by atoms with Gasteiger partial charge in [-0.2, -0.15) is 0 Å². The number of anilines is 2. The van der Waals surface area contributed by atoms with E-state index in [9.17, 15) is 16.8 Å². The molecule has 0 unspecified atom stereocenters. The number of nitrogens with one attached hydrogen (secondary N) is 2. The molecule has 0 fully saturated rings. The Kier molecular flexibility index (Phi) is 6.02. The molecule has 0 amide bonds. The van der Waals surface area contributed by atoms with E-state index >= 15 is 0 Å². The Morgan fingerprint density at radius 2 is 1.34 bits per heavy atom. The van der Waals surface area contributed by atoms with E-state index in [1.807, 2.05) is 13.0 Å². The third-order valence-electron chi connectivity index (χ3n) is 4.16. The van der Waals surface area contributed by atoms with E-state index in [0.717, 1.165) is 10.0 Å². The summed E-state index contributed by atoms with van der Waals surface area (Å²) in [7, 11) is -7.75. The van der Waals surface area contributed by atoms with Gasteiger partial charge in [0.2, 0.25) is 0 Å². The number of hydrogen-bond donors (Lipinski definition) is 2. The Labute approximate surface area is 179 Å². The summed E-state index contributed by atoms with van der Waals surface area (Å²) in [5, 5.41) is 0. The number of rotatable bonds is 6. The fourth-order valence-corrected chi connectivity index (χ4v) is 5.08. The van der Waals surface area contributed by atoms with E-state index in [2.05, 4.69) is 25.4 Å². The molecule has 0 radical (unpaired) electrons. The third-order valence-corrected chi connectivity index (χ3v) is 7.45. The van der Waals surface area contributed by atoms with E-state index < -0.39 is 20.0 Å². The first-order chi connectivity index (χ1) is 13.6. The summed E-state index contributed by atoms with van der Waals surface area (Å²) in [4.78, 5) is 0.0318. The number of halogens is 1. The number of benzene rings is 3. The lowest BCUT2D eigenvalue weighted by Gasteiger charge is -2.14. The van der Waals surface area contributed by atoms with Gasteiger partial charge in [0.05, 0.1) is 15.5 Å². The predicted octanol–water partition coefficient (Wildman–Crippen LogP) is 4.67. The SMILES string of the molecule is Cc1cccc(NS(=O)(=O)c2ccc(C)c(NS(=O)(=O)c3ccc(Br)cc3)c2)c1. The highest BCUT2D eigenvalue weighted by Gasteiger charge is 2.19. The zero-order chi connectivity index (χ0) is 21.2. The molecule has 0 aromatic heterocycles. The standard InChI is InChI=1S/C20H19BrN2O4S2/c1-14-4-3-5-17(12-14)22-29(26,27)19-9-6-15(2)20(13-19)23-28(24,25)18-10-7-16(21)8-11-18/h3-13,22-23H,1-2H3. The first-order valence-electron chi connectivity index (χ1n) is 8.55. The fourth-order valence-electron chi connectivity index (χ4n) is 2.62. The van der Waals surface area contributed by atoms with Crippen LogP contribution in [0.5, 0.6) is 0 Å². The second-order valence-corrected chi connectivity index (χ2v) is 10.8. The van der Waals surface area contributed by atoms with Gasteiger partial charge in [0, 0.05) is 10.2 Å². The summed E-state index contributed by atoms with van der Waals surface area (Å²) in [6.45, 7) is 3.56. The summed E-state index contributed by atoms with van der Waals surface area (Å²) in [5.74, 6) is 0. The summed E-state index contributed by atoms with van der Waals surface area (Å²) in [6.07, 6.45) is 0. The van der Waals surface area contributed by atoms with Crippen molar-refractivity contribution in [2.45, 2.75) is 23.6 Å². The fraction of sp³-hybridized carbons (Fsp3) is 0.100. The van der Waals surface area contributed by atoms with Crippen molar-refractivity contribution in [2.24, 2.45) is 0 Å². The molecular formula is C20H19BrN2O4S2. The van der Waals surface area contributed by atoms with Crippen LogP contribution in [0.1, 0.15) is 11.1 Å². The Bertz CT molecular complexity index is 1260. The Balaban J connectivity index is 1.92. The summed E-state index contributed by atoms with van der Waals surface area (Å²) in [6, 6.07) is 17.4. The van der Waals surface area contributed by atoms with Crippen molar-refractivity contribution in [3.05, 3.63) is 82.3 Å². The Morgan fingerprint density at radius 3 is 2.00 bits per heavy atom. The molecule has 0 aliphatic heterocycles. The first kappa shape index (κ1) is 21.4. The van der Waals surface area contributed by atoms with Crippen LogP contribution in [-0.2, 0) is 20.0 Å². The molecule has 2 N–H and O–H groups in total. The molecule has 3 rings (SSSR count). The minimum Gasteiger partial charge on any atom is -0.280 e. The largest absolute Gasteiger partial charge is 0.280 e. The van der Waals surface area contributed by atoms with Gasteiger partial charge in [-0.1, -0.05) is 34.1 Å². The molecule has 29 heavy (non-hydrogen) atoms. The van der Waals surface area contributed by atoms with E-state index in [4.69, 9.17) is 0 Å². The van der Waals surface area contributed by atoms with Crippen LogP contribution in [0.15, 0.2) is 81.0 Å². The molecule has 0 heterocycles. The van der Waals surface area contributed by atoms with Crippen LogP contribution in [-0.4, -0.2) is 16.8 Å². The van der Waals surface area contributed by atoms with Crippen LogP contribution in [0.4, 0.5) is 11.4 Å². The Hall–Kier alpha value is -2.36. The zero-order valence-corrected chi connectivity index (χ0v) is 18.9. The van der Waals surface area contributed by atoms with Crippen LogP contribution in [0.3, 0.4) is 0 Å². The number of hydrogen-bond acceptors (Lipinski definition) is 4. The van der Waals surface area contributed by atoms with Crippen molar-refractivity contribution in [3.63, 3.8) is 0 Å². The van der Waals surface area contributed by atoms with Crippen molar-refractivity contribution in [3.8, 4) is 0 Å². The van der Waals surface area contributed by atoms with Crippen LogP contribution >= 0.6 is 15.9 Å². The van der Waals surface area contributed by atoms with Crippen LogP contribution in [0.25, 0.3) is 0 Å². The lowest BCUT2D eigenvalue weighted by molar-refractivity contribution is 0.598. The quantitative estimate of drug-likeness (QED) is 0.520. The minimum atomic E-state index is -3.89. The molecular weight excluding hydrogens is 476 g/mol. The van der Waals surface area contributed by atoms with E-state index in [-0.39, 0.29) is 15.5 Å². The maximum Gasteiger partial charge on any atom is 0.261 e. The zero-order valence-electron chi connectivity index (χ0n) is 15.7. The topological polar surface area (TPSA) is 92.3 Å². The van der Waals surface area contributed by atoms with Gasteiger partial charge in [0.25, 0.3) is 20.0 Å². The molecule has 3 aromatic carbocycles. The summed E-state index contributed by atoms with van der Waals surface area (Å²) >= 11 is 3.26. The van der Waals surface area contributed by atoms with Gasteiger partial charge in [-0.25, -0.2) is 16.8 Å². The van der Waals surface area contributed by atoms with Crippen LogP contribution in [0.2, 0.25) is 0 Å². The average Bonchev–Trinajstić information content (AvgIpc) is 2.63. The molecule has 0 saturated heterocycles. The molecule has 152 valence electrons. The molecule has 6 nitrogen and oxygen atoms in total. The van der Waals surface area contributed by atoms with Gasteiger partial charge in [-0.15, -0.1) is 0 Å². The smallest absolute Gasteiger partial charge is 0.261 e. The van der Waals surface area contributed by atoms with Gasteiger partial charge in [-0.05, 0) is 73.5 Å². The number of sulfonamides is 2. The molecule has 0 aliphatic carbocycles. The van der Waals surface area contributed by atoms with Crippen molar-refractivity contribution >= 4 is 47.4 Å². The average molecular weight is 495 g/mol. The van der Waals surface area contributed by atoms with E-state index in [0.29, 0.717) is 11.3 Å². The van der Waals surface area contributed by atoms with Gasteiger partial charge in [-0.3, -0.25) is 9.44 Å². The lowest BCUT2D eigenvalue weighted by atomic mass is 10.2. The number of aryl methyl sites for hydroxylation is 2. The summed E-state index contributed by atoms with van der Waals surface area (Å²) < 4.78 is 56.6. The van der Waals surface area contributed by atoms with Crippen molar-refractivity contribution in [1.29, 1.82) is 0 Å². The molecule has 0 bridgehead atoms. The maximum absolute atomic E-state index is 12.8. The van der Waals surface area contributed by atoms with Gasteiger partial charge >= 0.3 is 0 Å². The maximum atomic E-state index is 12.8. The molecule has 9 heteroatoms. The predicted molar refractivity (Wildman–Crippen MR) is 118 cm³/mol. The van der Waals surface area contributed by atoms with Crippen molar-refractivity contribution in [2.75, 3.05) is 9.44 Å². The van der Waals surface area contributed by atoms with Crippen LogP contribution < -0.4 is 9.44 Å².